The lowest BCUT2D eigenvalue weighted by molar-refractivity contribution is 0.0698. The molecule has 1 aromatic heterocycles. The van der Waals surface area contributed by atoms with Gasteiger partial charge >= 0.3 is 5.97 Å². The van der Waals surface area contributed by atoms with Gasteiger partial charge in [0, 0.05) is 35.4 Å². The third kappa shape index (κ3) is 2.88. The topological polar surface area (TPSA) is 68.4 Å². The molecule has 1 saturated heterocycles. The van der Waals surface area contributed by atoms with E-state index in [1.807, 2.05) is 18.2 Å². The number of aryl methyl sites for hydroxylation is 1. The fraction of sp³-hybridized carbons (Fsp3) is 0.438. The predicted molar refractivity (Wildman–Crippen MR) is 84.2 cm³/mol. The van der Waals surface area contributed by atoms with Crippen LogP contribution < -0.4 is 5.32 Å². The molecule has 1 aromatic carbocycles. The second-order valence-corrected chi connectivity index (χ2v) is 5.67. The molecule has 0 radical (unpaired) electrons. The van der Waals surface area contributed by atoms with Gasteiger partial charge < -0.3 is 20.3 Å². The first-order valence-electron chi connectivity index (χ1n) is 7.47. The molecule has 0 aliphatic carbocycles. The maximum Gasteiger partial charge on any atom is 0.338 e. The highest BCUT2D eigenvalue weighted by atomic mass is 16.4. The number of H-pyrrole nitrogens is 1. The lowest BCUT2D eigenvalue weighted by Gasteiger charge is -2.15. The van der Waals surface area contributed by atoms with Crippen molar-refractivity contribution in [2.45, 2.75) is 19.8 Å². The van der Waals surface area contributed by atoms with Crippen LogP contribution >= 0.6 is 0 Å². The molecule has 0 bridgehead atoms. The van der Waals surface area contributed by atoms with Crippen LogP contribution in [0.2, 0.25) is 0 Å². The number of benzene rings is 1. The summed E-state index contributed by atoms with van der Waals surface area (Å²) >= 11 is 0. The second kappa shape index (κ2) is 5.77. The maximum atomic E-state index is 11.3. The molecule has 2 aromatic rings. The summed E-state index contributed by atoms with van der Waals surface area (Å²) in [5.74, 6) is -0.882. The van der Waals surface area contributed by atoms with Crippen molar-refractivity contribution in [1.29, 1.82) is 0 Å². The van der Waals surface area contributed by atoms with E-state index in [-0.39, 0.29) is 0 Å². The van der Waals surface area contributed by atoms with Gasteiger partial charge in [-0.15, -0.1) is 0 Å². The van der Waals surface area contributed by atoms with Crippen LogP contribution in [0, 0.1) is 6.92 Å². The van der Waals surface area contributed by atoms with Gasteiger partial charge in [0.2, 0.25) is 0 Å². The van der Waals surface area contributed by atoms with Gasteiger partial charge in [0.15, 0.2) is 0 Å². The minimum atomic E-state index is -0.882. The van der Waals surface area contributed by atoms with Gasteiger partial charge in [0.25, 0.3) is 0 Å². The Kier molecular flexibility index (Phi) is 3.84. The minimum Gasteiger partial charge on any atom is -0.478 e. The largest absolute Gasteiger partial charge is 0.478 e. The van der Waals surface area contributed by atoms with Gasteiger partial charge in [-0.25, -0.2) is 4.79 Å². The molecule has 3 rings (SSSR count). The maximum absolute atomic E-state index is 11.3. The zero-order chi connectivity index (χ0) is 14.8. The SMILES string of the molecule is Cc1[nH]c2ccc(NCCN3CCCC3)cc2c1C(=O)O. The highest BCUT2D eigenvalue weighted by molar-refractivity contribution is 6.05. The number of hydrogen-bond donors (Lipinski definition) is 3. The Morgan fingerprint density at radius 3 is 2.86 bits per heavy atom. The van der Waals surface area contributed by atoms with Crippen molar-refractivity contribution in [2.75, 3.05) is 31.5 Å². The molecule has 0 saturated carbocycles. The first-order valence-corrected chi connectivity index (χ1v) is 7.47. The van der Waals surface area contributed by atoms with Gasteiger partial charge in [0.1, 0.15) is 0 Å². The fourth-order valence-electron chi connectivity index (χ4n) is 3.08. The Morgan fingerprint density at radius 1 is 1.38 bits per heavy atom. The van der Waals surface area contributed by atoms with E-state index in [4.69, 9.17) is 0 Å². The third-order valence-electron chi connectivity index (χ3n) is 4.16. The average Bonchev–Trinajstić information content (AvgIpc) is 3.04. The summed E-state index contributed by atoms with van der Waals surface area (Å²) in [4.78, 5) is 16.9. The summed E-state index contributed by atoms with van der Waals surface area (Å²) < 4.78 is 0. The predicted octanol–water partition coefficient (Wildman–Crippen LogP) is 2.68. The van der Waals surface area contributed by atoms with E-state index >= 15 is 0 Å². The van der Waals surface area contributed by atoms with Crippen LogP contribution in [-0.2, 0) is 0 Å². The molecule has 0 spiro atoms. The first-order chi connectivity index (χ1) is 10.1. The number of carboxylic acid groups (broad SMARTS) is 1. The molecule has 2 heterocycles. The Bertz CT molecular complexity index is 657. The number of aromatic nitrogens is 1. The molecule has 3 N–H and O–H groups in total. The molecule has 1 fully saturated rings. The number of rotatable bonds is 5. The number of likely N-dealkylation sites (tertiary alicyclic amines) is 1. The summed E-state index contributed by atoms with van der Waals surface area (Å²) in [7, 11) is 0. The smallest absolute Gasteiger partial charge is 0.338 e. The van der Waals surface area contributed by atoms with E-state index in [1.54, 1.807) is 6.92 Å². The summed E-state index contributed by atoms with van der Waals surface area (Å²) in [6, 6.07) is 5.85. The zero-order valence-corrected chi connectivity index (χ0v) is 12.3. The van der Waals surface area contributed by atoms with Crippen LogP contribution in [0.25, 0.3) is 10.9 Å². The molecule has 0 amide bonds. The van der Waals surface area contributed by atoms with Gasteiger partial charge in [-0.05, 0) is 51.1 Å². The van der Waals surface area contributed by atoms with Crippen molar-refractivity contribution in [1.82, 2.24) is 9.88 Å². The average molecular weight is 287 g/mol. The monoisotopic (exact) mass is 287 g/mol. The second-order valence-electron chi connectivity index (χ2n) is 5.67. The van der Waals surface area contributed by atoms with Gasteiger partial charge in [-0.2, -0.15) is 0 Å². The fourth-order valence-corrected chi connectivity index (χ4v) is 3.08. The Morgan fingerprint density at radius 2 is 2.14 bits per heavy atom. The lowest BCUT2D eigenvalue weighted by atomic mass is 10.1. The molecule has 0 unspecified atom stereocenters. The number of carboxylic acids is 1. The summed E-state index contributed by atoms with van der Waals surface area (Å²) in [5.41, 5.74) is 2.91. The molecule has 0 atom stereocenters. The number of carbonyl (C=O) groups is 1. The molecule has 5 heteroatoms. The van der Waals surface area contributed by atoms with E-state index in [2.05, 4.69) is 15.2 Å². The van der Waals surface area contributed by atoms with Crippen molar-refractivity contribution in [3.05, 3.63) is 29.5 Å². The van der Waals surface area contributed by atoms with Gasteiger partial charge in [-0.1, -0.05) is 0 Å². The van der Waals surface area contributed by atoms with Crippen molar-refractivity contribution >= 4 is 22.6 Å². The van der Waals surface area contributed by atoms with E-state index < -0.39 is 5.97 Å². The normalized spacial score (nSPS) is 15.7. The van der Waals surface area contributed by atoms with Crippen LogP contribution in [0.1, 0.15) is 28.9 Å². The van der Waals surface area contributed by atoms with Crippen LogP contribution in [0.15, 0.2) is 18.2 Å². The molecule has 21 heavy (non-hydrogen) atoms. The molecule has 5 nitrogen and oxygen atoms in total. The highest BCUT2D eigenvalue weighted by Gasteiger charge is 2.15. The van der Waals surface area contributed by atoms with Gasteiger partial charge in [0.05, 0.1) is 5.56 Å². The molecule has 1 aliphatic rings. The number of anilines is 1. The minimum absolute atomic E-state index is 0.369. The summed E-state index contributed by atoms with van der Waals surface area (Å²) in [6.07, 6.45) is 2.60. The van der Waals surface area contributed by atoms with E-state index in [1.165, 1.54) is 25.9 Å². The molecular weight excluding hydrogens is 266 g/mol. The van der Waals surface area contributed by atoms with E-state index in [9.17, 15) is 9.90 Å². The number of hydrogen-bond acceptors (Lipinski definition) is 3. The van der Waals surface area contributed by atoms with Crippen LogP contribution in [0.3, 0.4) is 0 Å². The summed E-state index contributed by atoms with van der Waals surface area (Å²) in [6.45, 7) is 6.11. The van der Waals surface area contributed by atoms with Crippen LogP contribution in [0.4, 0.5) is 5.69 Å². The van der Waals surface area contributed by atoms with E-state index in [0.717, 1.165) is 29.7 Å². The molecule has 1 aliphatic heterocycles. The molecule has 112 valence electrons. The number of nitrogens with zero attached hydrogens (tertiary/aromatic N) is 1. The Hall–Kier alpha value is -2.01. The van der Waals surface area contributed by atoms with Crippen molar-refractivity contribution in [3.8, 4) is 0 Å². The van der Waals surface area contributed by atoms with Crippen molar-refractivity contribution < 1.29 is 9.90 Å². The number of fused-ring (bicyclic) bond motifs is 1. The number of nitrogens with one attached hydrogen (secondary N) is 2. The first kappa shape index (κ1) is 13.9. The molecular formula is C16H21N3O2. The van der Waals surface area contributed by atoms with Crippen LogP contribution in [0.5, 0.6) is 0 Å². The van der Waals surface area contributed by atoms with Crippen molar-refractivity contribution in [3.63, 3.8) is 0 Å². The lowest BCUT2D eigenvalue weighted by Crippen LogP contribution is -2.25. The van der Waals surface area contributed by atoms with Crippen LogP contribution in [-0.4, -0.2) is 47.1 Å². The highest BCUT2D eigenvalue weighted by Crippen LogP contribution is 2.25. The summed E-state index contributed by atoms with van der Waals surface area (Å²) in [5, 5.41) is 13.5. The van der Waals surface area contributed by atoms with E-state index in [0.29, 0.717) is 11.3 Å². The van der Waals surface area contributed by atoms with Gasteiger partial charge in [-0.3, -0.25) is 0 Å². The Labute approximate surface area is 124 Å². The van der Waals surface area contributed by atoms with Crippen molar-refractivity contribution in [2.24, 2.45) is 0 Å². The number of aromatic amines is 1. The number of aromatic carboxylic acids is 1. The standard InChI is InChI=1S/C16H21N3O2/c1-11-15(16(20)21)13-10-12(4-5-14(13)18-11)17-6-9-19-7-2-3-8-19/h4-5,10,17-18H,2-3,6-9H2,1H3,(H,20,21). The Balaban J connectivity index is 1.73. The third-order valence-corrected chi connectivity index (χ3v) is 4.16. The zero-order valence-electron chi connectivity index (χ0n) is 12.3. The quantitative estimate of drug-likeness (QED) is 0.791.